The molecule has 0 spiro atoms. The number of nitrogens with zero attached hydrogens (tertiary/aromatic N) is 2. The van der Waals surface area contributed by atoms with Gasteiger partial charge in [0.05, 0.1) is 17.6 Å². The molecule has 0 saturated carbocycles. The van der Waals surface area contributed by atoms with E-state index in [1.165, 1.54) is 5.56 Å². The number of unbranched alkanes of at least 4 members (excludes halogenated alkanes) is 2. The molecule has 3 aromatic rings. The van der Waals surface area contributed by atoms with E-state index in [1.54, 1.807) is 0 Å². The third kappa shape index (κ3) is 4.61. The van der Waals surface area contributed by atoms with Crippen molar-refractivity contribution < 1.29 is 9.84 Å². The lowest BCUT2D eigenvalue weighted by atomic mass is 10.2. The predicted molar refractivity (Wildman–Crippen MR) is 108 cm³/mol. The van der Waals surface area contributed by atoms with Crippen molar-refractivity contribution in [3.05, 3.63) is 59.7 Å². The van der Waals surface area contributed by atoms with Gasteiger partial charge in [-0.2, -0.15) is 0 Å². The van der Waals surface area contributed by atoms with Crippen molar-refractivity contribution in [1.29, 1.82) is 5.41 Å². The van der Waals surface area contributed by atoms with Gasteiger partial charge >= 0.3 is 0 Å². The summed E-state index contributed by atoms with van der Waals surface area (Å²) in [5, 5.41) is 19.1. The molecule has 1 atom stereocenters. The van der Waals surface area contributed by atoms with E-state index < -0.39 is 6.10 Å². The SMILES string of the molecule is CCCCCn1c(=N)n(C[C@@H](O)COc2ccc(C)cc2)c2ccccc21. The van der Waals surface area contributed by atoms with Gasteiger partial charge in [0.1, 0.15) is 18.5 Å². The molecule has 2 aromatic carbocycles. The van der Waals surface area contributed by atoms with Crippen LogP contribution in [0.1, 0.15) is 31.7 Å². The molecule has 144 valence electrons. The molecular weight excluding hydrogens is 338 g/mol. The van der Waals surface area contributed by atoms with Crippen molar-refractivity contribution in [1.82, 2.24) is 9.13 Å². The molecule has 0 bridgehead atoms. The highest BCUT2D eigenvalue weighted by atomic mass is 16.5. The molecule has 0 aliphatic rings. The van der Waals surface area contributed by atoms with Gasteiger partial charge in [0.15, 0.2) is 0 Å². The van der Waals surface area contributed by atoms with E-state index in [0.717, 1.165) is 42.6 Å². The lowest BCUT2D eigenvalue weighted by Gasteiger charge is -2.14. The molecule has 1 heterocycles. The Morgan fingerprint density at radius 1 is 1.00 bits per heavy atom. The number of fused-ring (bicyclic) bond motifs is 1. The summed E-state index contributed by atoms with van der Waals surface area (Å²) >= 11 is 0. The molecule has 0 aliphatic heterocycles. The summed E-state index contributed by atoms with van der Waals surface area (Å²) in [6, 6.07) is 15.8. The molecule has 0 amide bonds. The summed E-state index contributed by atoms with van der Waals surface area (Å²) in [4.78, 5) is 0. The number of aliphatic hydroxyl groups excluding tert-OH is 1. The van der Waals surface area contributed by atoms with Crippen molar-refractivity contribution in [2.75, 3.05) is 6.61 Å². The van der Waals surface area contributed by atoms with Crippen LogP contribution >= 0.6 is 0 Å². The highest BCUT2D eigenvalue weighted by molar-refractivity contribution is 5.75. The normalized spacial score (nSPS) is 12.4. The standard InChI is InChI=1S/C22H29N3O2/c1-3-4-7-14-24-20-8-5-6-9-21(20)25(22(24)23)15-18(26)16-27-19-12-10-17(2)11-13-19/h5-6,8-13,18,23,26H,3-4,7,14-16H2,1-2H3/t18-/m1/s1. The summed E-state index contributed by atoms with van der Waals surface area (Å²) < 4.78 is 9.62. The van der Waals surface area contributed by atoms with Gasteiger partial charge in [-0.25, -0.2) is 0 Å². The lowest BCUT2D eigenvalue weighted by Crippen LogP contribution is -2.31. The molecule has 0 radical (unpaired) electrons. The van der Waals surface area contributed by atoms with E-state index >= 15 is 0 Å². The Hall–Kier alpha value is -2.53. The molecule has 27 heavy (non-hydrogen) atoms. The molecule has 0 saturated heterocycles. The fraction of sp³-hybridized carbons (Fsp3) is 0.409. The maximum atomic E-state index is 10.5. The number of imidazole rings is 1. The highest BCUT2D eigenvalue weighted by Crippen LogP contribution is 2.15. The van der Waals surface area contributed by atoms with Gasteiger partial charge < -0.3 is 19.0 Å². The fourth-order valence-corrected chi connectivity index (χ4v) is 3.32. The zero-order valence-corrected chi connectivity index (χ0v) is 16.2. The predicted octanol–water partition coefficient (Wildman–Crippen LogP) is 3.86. The van der Waals surface area contributed by atoms with Crippen LogP contribution in [0.2, 0.25) is 0 Å². The van der Waals surface area contributed by atoms with E-state index in [9.17, 15) is 5.11 Å². The topological polar surface area (TPSA) is 63.2 Å². The van der Waals surface area contributed by atoms with Gasteiger partial charge in [-0.15, -0.1) is 0 Å². The summed E-state index contributed by atoms with van der Waals surface area (Å²) in [6.07, 6.45) is 2.68. The van der Waals surface area contributed by atoms with Gasteiger partial charge in [0.2, 0.25) is 5.62 Å². The van der Waals surface area contributed by atoms with Crippen LogP contribution in [-0.2, 0) is 13.1 Å². The maximum absolute atomic E-state index is 10.5. The second-order valence-electron chi connectivity index (χ2n) is 7.06. The third-order valence-corrected chi connectivity index (χ3v) is 4.82. The fourth-order valence-electron chi connectivity index (χ4n) is 3.32. The minimum Gasteiger partial charge on any atom is -0.491 e. The number of benzene rings is 2. The van der Waals surface area contributed by atoms with Gasteiger partial charge in [-0.05, 0) is 37.6 Å². The number of hydrogen-bond acceptors (Lipinski definition) is 3. The van der Waals surface area contributed by atoms with Crippen LogP contribution in [0.3, 0.4) is 0 Å². The quantitative estimate of drug-likeness (QED) is 0.564. The Morgan fingerprint density at radius 2 is 1.67 bits per heavy atom. The first-order valence-corrected chi connectivity index (χ1v) is 9.70. The number of para-hydroxylation sites is 2. The molecule has 3 rings (SSSR count). The zero-order valence-electron chi connectivity index (χ0n) is 16.2. The highest BCUT2D eigenvalue weighted by Gasteiger charge is 2.14. The summed E-state index contributed by atoms with van der Waals surface area (Å²) in [7, 11) is 0. The van der Waals surface area contributed by atoms with Gasteiger partial charge in [0, 0.05) is 6.54 Å². The van der Waals surface area contributed by atoms with E-state index in [-0.39, 0.29) is 6.61 Å². The third-order valence-electron chi connectivity index (χ3n) is 4.82. The van der Waals surface area contributed by atoms with Crippen molar-refractivity contribution in [3.63, 3.8) is 0 Å². The average Bonchev–Trinajstić information content (AvgIpc) is 2.94. The number of rotatable bonds is 9. The monoisotopic (exact) mass is 367 g/mol. The second-order valence-corrected chi connectivity index (χ2v) is 7.06. The van der Waals surface area contributed by atoms with Crippen molar-refractivity contribution >= 4 is 11.0 Å². The number of hydrogen-bond donors (Lipinski definition) is 2. The first kappa shape index (κ1) is 19.2. The average molecular weight is 367 g/mol. The Morgan fingerprint density at radius 3 is 2.33 bits per heavy atom. The van der Waals surface area contributed by atoms with Crippen LogP contribution < -0.4 is 10.4 Å². The Kier molecular flexibility index (Phi) is 6.35. The molecule has 5 heteroatoms. The van der Waals surface area contributed by atoms with Gasteiger partial charge in [0.25, 0.3) is 0 Å². The summed E-state index contributed by atoms with van der Waals surface area (Å²) in [6.45, 7) is 5.58. The first-order valence-electron chi connectivity index (χ1n) is 9.70. The molecule has 0 aliphatic carbocycles. The van der Waals surface area contributed by atoms with Crippen molar-refractivity contribution in [2.24, 2.45) is 0 Å². The van der Waals surface area contributed by atoms with Crippen molar-refractivity contribution in [3.8, 4) is 5.75 Å². The Bertz CT molecular complexity index is 925. The minimum atomic E-state index is -0.685. The van der Waals surface area contributed by atoms with Crippen LogP contribution in [-0.4, -0.2) is 27.0 Å². The van der Waals surface area contributed by atoms with E-state index in [1.807, 2.05) is 64.6 Å². The molecule has 0 fully saturated rings. The van der Waals surface area contributed by atoms with Crippen LogP contribution in [0, 0.1) is 12.3 Å². The molecule has 0 unspecified atom stereocenters. The smallest absolute Gasteiger partial charge is 0.203 e. The van der Waals surface area contributed by atoms with E-state index in [2.05, 4.69) is 6.92 Å². The van der Waals surface area contributed by atoms with Gasteiger partial charge in [-0.1, -0.05) is 49.6 Å². The number of ether oxygens (including phenoxy) is 1. The van der Waals surface area contributed by atoms with Crippen LogP contribution in [0.4, 0.5) is 0 Å². The Labute approximate surface area is 160 Å². The number of nitrogens with one attached hydrogen (secondary N) is 1. The minimum absolute atomic E-state index is 0.199. The maximum Gasteiger partial charge on any atom is 0.203 e. The second kappa shape index (κ2) is 8.91. The number of aryl methyl sites for hydroxylation is 2. The lowest BCUT2D eigenvalue weighted by molar-refractivity contribution is 0.0921. The zero-order chi connectivity index (χ0) is 19.2. The molecule has 1 aromatic heterocycles. The van der Waals surface area contributed by atoms with E-state index in [4.69, 9.17) is 10.1 Å². The number of aliphatic hydroxyl groups is 1. The van der Waals surface area contributed by atoms with Crippen LogP contribution in [0.15, 0.2) is 48.5 Å². The summed E-state index contributed by atoms with van der Waals surface area (Å²) in [5.74, 6) is 0.748. The molecular formula is C22H29N3O2. The molecule has 2 N–H and O–H groups in total. The first-order chi connectivity index (χ1) is 13.1. The van der Waals surface area contributed by atoms with Crippen LogP contribution in [0.25, 0.3) is 11.0 Å². The van der Waals surface area contributed by atoms with Crippen LogP contribution in [0.5, 0.6) is 5.75 Å². The number of aromatic nitrogens is 2. The van der Waals surface area contributed by atoms with Gasteiger partial charge in [-0.3, -0.25) is 5.41 Å². The summed E-state index contributed by atoms with van der Waals surface area (Å²) in [5.41, 5.74) is 3.63. The Balaban J connectivity index is 1.74. The molecule has 5 nitrogen and oxygen atoms in total. The largest absolute Gasteiger partial charge is 0.491 e. The van der Waals surface area contributed by atoms with E-state index in [0.29, 0.717) is 12.2 Å². The van der Waals surface area contributed by atoms with Crippen molar-refractivity contribution in [2.45, 2.75) is 52.3 Å².